The van der Waals surface area contributed by atoms with E-state index in [-0.39, 0.29) is 25.6 Å². The van der Waals surface area contributed by atoms with Crippen molar-refractivity contribution in [1.82, 2.24) is 0 Å². The van der Waals surface area contributed by atoms with Gasteiger partial charge in [0.05, 0.1) is 0 Å². The molecule has 3 rings (SSSR count). The normalized spacial score (nSPS) is 14.4. The highest BCUT2D eigenvalue weighted by molar-refractivity contribution is 5.85. The fourth-order valence-corrected chi connectivity index (χ4v) is 2.78. The minimum absolute atomic E-state index is 0.0958. The van der Waals surface area contributed by atoms with Crippen LogP contribution < -0.4 is 14.8 Å². The summed E-state index contributed by atoms with van der Waals surface area (Å²) in [4.78, 5) is 12.4. The summed E-state index contributed by atoms with van der Waals surface area (Å²) in [7, 11) is 1.48. The number of rotatable bonds is 7. The third kappa shape index (κ3) is 4.60. The first-order valence-electron chi connectivity index (χ1n) is 8.40. The first-order chi connectivity index (χ1) is 13.1. The number of aromatic hydroxyl groups is 1. The van der Waals surface area contributed by atoms with E-state index in [1.807, 2.05) is 0 Å². The molecular weight excluding hydrogens is 354 g/mol. The van der Waals surface area contributed by atoms with E-state index in [9.17, 15) is 15.0 Å². The van der Waals surface area contributed by atoms with Crippen molar-refractivity contribution in [1.29, 1.82) is 0 Å². The maximum absolute atomic E-state index is 12.4. The number of hydrogen-bond acceptors (Lipinski definition) is 7. The molecule has 0 saturated carbocycles. The number of carbonyl (C=O) groups excluding carboxylic acids is 1. The average Bonchev–Trinajstić information content (AvgIpc) is 3.13. The minimum atomic E-state index is -0.767. The predicted octanol–water partition coefficient (Wildman–Crippen LogP) is 2.81. The van der Waals surface area contributed by atoms with E-state index in [0.717, 1.165) is 0 Å². The molecule has 0 unspecified atom stereocenters. The van der Waals surface area contributed by atoms with Gasteiger partial charge in [-0.25, -0.2) is 4.79 Å². The smallest absolute Gasteiger partial charge is 0.412 e. The molecule has 27 heavy (non-hydrogen) atoms. The van der Waals surface area contributed by atoms with E-state index in [2.05, 4.69) is 5.32 Å². The number of methoxy groups -OCH3 is 1. The maximum Gasteiger partial charge on any atom is 0.412 e. The maximum atomic E-state index is 12.4. The molecule has 3 N–H and O–H groups in total. The van der Waals surface area contributed by atoms with Crippen LogP contribution in [0, 0.1) is 0 Å². The molecule has 8 heteroatoms. The molecule has 0 bridgehead atoms. The van der Waals surface area contributed by atoms with Crippen LogP contribution in [0.15, 0.2) is 42.5 Å². The van der Waals surface area contributed by atoms with Crippen LogP contribution in [0.5, 0.6) is 17.2 Å². The molecule has 0 aliphatic carbocycles. The lowest BCUT2D eigenvalue weighted by atomic mass is 10.0. The Hall–Kier alpha value is -2.97. The lowest BCUT2D eigenvalue weighted by Crippen LogP contribution is -2.28. The number of carbonyl (C=O) groups is 1. The Morgan fingerprint density at radius 1 is 1.19 bits per heavy atom. The number of ether oxygens (including phenoxy) is 4. The highest BCUT2D eigenvalue weighted by Crippen LogP contribution is 2.34. The minimum Gasteiger partial charge on any atom is -0.508 e. The monoisotopic (exact) mass is 375 g/mol. The fourth-order valence-electron chi connectivity index (χ4n) is 2.78. The zero-order valence-corrected chi connectivity index (χ0v) is 14.8. The van der Waals surface area contributed by atoms with Gasteiger partial charge >= 0.3 is 6.09 Å². The summed E-state index contributed by atoms with van der Waals surface area (Å²) in [6, 6.07) is 11.3. The number of fused-ring (bicyclic) bond motifs is 1. The van der Waals surface area contributed by atoms with Crippen molar-refractivity contribution < 1.29 is 34.0 Å². The van der Waals surface area contributed by atoms with Crippen molar-refractivity contribution in [2.45, 2.75) is 18.6 Å². The van der Waals surface area contributed by atoms with Gasteiger partial charge in [0, 0.05) is 31.9 Å². The van der Waals surface area contributed by atoms with Gasteiger partial charge in [0.25, 0.3) is 0 Å². The lowest BCUT2D eigenvalue weighted by molar-refractivity contribution is -0.0306. The molecule has 1 amide bonds. The number of hydrogen-bond donors (Lipinski definition) is 3. The zero-order chi connectivity index (χ0) is 19.2. The molecule has 2 aromatic rings. The summed E-state index contributed by atoms with van der Waals surface area (Å²) >= 11 is 0. The Labute approximate surface area is 156 Å². The van der Waals surface area contributed by atoms with Gasteiger partial charge in [-0.2, -0.15) is 0 Å². The SMILES string of the molecule is CO[C@@H](CCO)[C@@H](OC(=O)Nc1ccc2c(c1)OCO2)c1ccc(O)cc1. The Balaban J connectivity index is 1.74. The molecule has 0 radical (unpaired) electrons. The van der Waals surface area contributed by atoms with Gasteiger partial charge in [-0.05, 0) is 29.8 Å². The second-order valence-electron chi connectivity index (χ2n) is 5.90. The van der Waals surface area contributed by atoms with Crippen molar-refractivity contribution in [3.05, 3.63) is 48.0 Å². The summed E-state index contributed by atoms with van der Waals surface area (Å²) in [5.41, 5.74) is 1.12. The Kier molecular flexibility index (Phi) is 6.00. The van der Waals surface area contributed by atoms with E-state index in [1.54, 1.807) is 30.3 Å². The summed E-state index contributed by atoms with van der Waals surface area (Å²) < 4.78 is 21.5. The van der Waals surface area contributed by atoms with Crippen LogP contribution in [-0.2, 0) is 9.47 Å². The quantitative estimate of drug-likeness (QED) is 0.683. The van der Waals surface area contributed by atoms with Crippen LogP contribution >= 0.6 is 0 Å². The number of benzene rings is 2. The number of aliphatic hydroxyl groups is 1. The van der Waals surface area contributed by atoms with Gasteiger partial charge in [0.1, 0.15) is 11.9 Å². The molecular formula is C19H21NO7. The number of nitrogens with one attached hydrogen (secondary N) is 1. The molecule has 1 aliphatic heterocycles. The molecule has 1 heterocycles. The van der Waals surface area contributed by atoms with Crippen LogP contribution in [-0.4, -0.2) is 42.9 Å². The van der Waals surface area contributed by atoms with Gasteiger partial charge < -0.3 is 29.2 Å². The van der Waals surface area contributed by atoms with Gasteiger partial charge in [0.2, 0.25) is 6.79 Å². The van der Waals surface area contributed by atoms with E-state index in [1.165, 1.54) is 19.2 Å². The number of phenolic OH excluding ortho intramolecular Hbond substituents is 1. The summed E-state index contributed by atoms with van der Waals surface area (Å²) in [5, 5.41) is 21.4. The van der Waals surface area contributed by atoms with Crippen LogP contribution in [0.4, 0.5) is 10.5 Å². The summed E-state index contributed by atoms with van der Waals surface area (Å²) in [6.07, 6.45) is -1.73. The predicted molar refractivity (Wildman–Crippen MR) is 96.0 cm³/mol. The number of amides is 1. The van der Waals surface area contributed by atoms with Crippen LogP contribution in [0.3, 0.4) is 0 Å². The molecule has 1 aliphatic rings. The van der Waals surface area contributed by atoms with E-state index >= 15 is 0 Å². The molecule has 0 saturated heterocycles. The molecule has 2 atom stereocenters. The van der Waals surface area contributed by atoms with Gasteiger partial charge in [-0.3, -0.25) is 5.32 Å². The van der Waals surface area contributed by atoms with Gasteiger partial charge in [0.15, 0.2) is 17.6 Å². The van der Waals surface area contributed by atoms with Gasteiger partial charge in [-0.1, -0.05) is 12.1 Å². The summed E-state index contributed by atoms with van der Waals surface area (Å²) in [5.74, 6) is 1.25. The third-order valence-corrected chi connectivity index (χ3v) is 4.13. The Morgan fingerprint density at radius 3 is 2.63 bits per heavy atom. The summed E-state index contributed by atoms with van der Waals surface area (Å²) in [6.45, 7) is 0.0169. The molecule has 2 aromatic carbocycles. The molecule has 144 valence electrons. The topological polar surface area (TPSA) is 106 Å². The van der Waals surface area contributed by atoms with Crippen LogP contribution in [0.1, 0.15) is 18.1 Å². The third-order valence-electron chi connectivity index (χ3n) is 4.13. The first-order valence-corrected chi connectivity index (χ1v) is 8.40. The average molecular weight is 375 g/mol. The first kappa shape index (κ1) is 18.8. The lowest BCUT2D eigenvalue weighted by Gasteiger charge is -2.26. The number of phenols is 1. The van der Waals surface area contributed by atoms with Crippen molar-refractivity contribution in [2.24, 2.45) is 0 Å². The highest BCUT2D eigenvalue weighted by Gasteiger charge is 2.27. The fraction of sp³-hybridized carbons (Fsp3) is 0.316. The molecule has 0 spiro atoms. The Morgan fingerprint density at radius 2 is 1.93 bits per heavy atom. The standard InChI is InChI=1S/C19H21NO7/c1-24-16(8-9-21)18(12-2-5-14(22)6-3-12)27-19(23)20-13-4-7-15-17(10-13)26-11-25-15/h2-7,10,16,18,21-22H,8-9,11H2,1H3,(H,20,23)/t16-,18-/m0/s1. The second kappa shape index (κ2) is 8.61. The van der Waals surface area contributed by atoms with Crippen molar-refractivity contribution >= 4 is 11.8 Å². The van der Waals surface area contributed by atoms with Crippen molar-refractivity contribution in [3.8, 4) is 17.2 Å². The van der Waals surface area contributed by atoms with Crippen LogP contribution in [0.25, 0.3) is 0 Å². The largest absolute Gasteiger partial charge is 0.508 e. The van der Waals surface area contributed by atoms with Gasteiger partial charge in [-0.15, -0.1) is 0 Å². The van der Waals surface area contributed by atoms with E-state index in [0.29, 0.717) is 22.7 Å². The van der Waals surface area contributed by atoms with Crippen molar-refractivity contribution in [3.63, 3.8) is 0 Å². The van der Waals surface area contributed by atoms with Crippen LogP contribution in [0.2, 0.25) is 0 Å². The van der Waals surface area contributed by atoms with E-state index in [4.69, 9.17) is 18.9 Å². The molecule has 0 fully saturated rings. The number of anilines is 1. The Bertz CT molecular complexity index is 778. The molecule has 8 nitrogen and oxygen atoms in total. The highest BCUT2D eigenvalue weighted by atomic mass is 16.7. The second-order valence-corrected chi connectivity index (χ2v) is 5.90. The number of aliphatic hydroxyl groups excluding tert-OH is 1. The van der Waals surface area contributed by atoms with Crippen molar-refractivity contribution in [2.75, 3.05) is 25.8 Å². The van der Waals surface area contributed by atoms with E-state index < -0.39 is 18.3 Å². The molecule has 0 aromatic heterocycles. The zero-order valence-electron chi connectivity index (χ0n) is 14.8.